The normalized spacial score (nSPS) is 17.9. The zero-order valence-corrected chi connectivity index (χ0v) is 16.5. The van der Waals surface area contributed by atoms with Gasteiger partial charge in [0.05, 0.1) is 6.04 Å². The van der Waals surface area contributed by atoms with Crippen LogP contribution < -0.4 is 16.7 Å². The fraction of sp³-hybridized carbons (Fsp3) is 0.476. The first-order valence-corrected chi connectivity index (χ1v) is 9.67. The molecular formula is C21H27N3O4. The SMILES string of the molecule is Cc1cc(=O)oc2cc(NC(=O)C3CCCN3C(=O)C(N)CC(C)C)ccc12. The van der Waals surface area contributed by atoms with Crippen LogP contribution in [0.2, 0.25) is 0 Å². The van der Waals surface area contributed by atoms with Gasteiger partial charge in [-0.2, -0.15) is 0 Å². The van der Waals surface area contributed by atoms with E-state index in [2.05, 4.69) is 5.32 Å². The monoisotopic (exact) mass is 385 g/mol. The average Bonchev–Trinajstić information content (AvgIpc) is 3.09. The van der Waals surface area contributed by atoms with Crippen LogP contribution in [0.4, 0.5) is 5.69 Å². The maximum Gasteiger partial charge on any atom is 0.336 e. The Balaban J connectivity index is 1.75. The second-order valence-corrected chi connectivity index (χ2v) is 7.87. The molecule has 1 saturated heterocycles. The number of fused-ring (bicyclic) bond motifs is 1. The van der Waals surface area contributed by atoms with E-state index >= 15 is 0 Å². The number of nitrogens with one attached hydrogen (secondary N) is 1. The zero-order valence-electron chi connectivity index (χ0n) is 16.5. The van der Waals surface area contributed by atoms with Gasteiger partial charge in [-0.25, -0.2) is 4.79 Å². The van der Waals surface area contributed by atoms with Crippen LogP contribution in [-0.2, 0) is 9.59 Å². The summed E-state index contributed by atoms with van der Waals surface area (Å²) in [5.74, 6) is -0.118. The van der Waals surface area contributed by atoms with Gasteiger partial charge in [0.1, 0.15) is 11.6 Å². The first-order chi connectivity index (χ1) is 13.3. The minimum Gasteiger partial charge on any atom is -0.423 e. The number of nitrogens with zero attached hydrogens (tertiary/aromatic N) is 1. The maximum absolute atomic E-state index is 12.8. The molecule has 7 nitrogen and oxygen atoms in total. The number of aryl methyl sites for hydroxylation is 1. The van der Waals surface area contributed by atoms with E-state index in [0.29, 0.717) is 36.6 Å². The summed E-state index contributed by atoms with van der Waals surface area (Å²) in [7, 11) is 0. The van der Waals surface area contributed by atoms with Crippen LogP contribution >= 0.6 is 0 Å². The quantitative estimate of drug-likeness (QED) is 0.769. The van der Waals surface area contributed by atoms with Gasteiger partial charge in [0.15, 0.2) is 0 Å². The zero-order chi connectivity index (χ0) is 20.4. The average molecular weight is 385 g/mol. The van der Waals surface area contributed by atoms with Crippen molar-refractivity contribution in [2.24, 2.45) is 11.7 Å². The topological polar surface area (TPSA) is 106 Å². The Morgan fingerprint density at radius 3 is 2.79 bits per heavy atom. The van der Waals surface area contributed by atoms with Crippen molar-refractivity contribution in [1.29, 1.82) is 0 Å². The lowest BCUT2D eigenvalue weighted by Gasteiger charge is -2.27. The van der Waals surface area contributed by atoms with Gasteiger partial charge in [-0.3, -0.25) is 9.59 Å². The Morgan fingerprint density at radius 1 is 1.32 bits per heavy atom. The van der Waals surface area contributed by atoms with Gasteiger partial charge in [-0.1, -0.05) is 13.8 Å². The molecule has 7 heteroatoms. The first-order valence-electron chi connectivity index (χ1n) is 9.67. The van der Waals surface area contributed by atoms with Crippen molar-refractivity contribution in [3.63, 3.8) is 0 Å². The molecule has 1 aromatic heterocycles. The summed E-state index contributed by atoms with van der Waals surface area (Å²) >= 11 is 0. The summed E-state index contributed by atoms with van der Waals surface area (Å²) < 4.78 is 5.23. The van der Waals surface area contributed by atoms with Gasteiger partial charge >= 0.3 is 5.63 Å². The molecule has 1 aliphatic rings. The van der Waals surface area contributed by atoms with Crippen molar-refractivity contribution in [2.45, 2.75) is 52.1 Å². The molecule has 2 amide bonds. The van der Waals surface area contributed by atoms with E-state index in [9.17, 15) is 14.4 Å². The fourth-order valence-corrected chi connectivity index (χ4v) is 3.75. The summed E-state index contributed by atoms with van der Waals surface area (Å²) in [6.07, 6.45) is 1.96. The minimum absolute atomic E-state index is 0.175. The van der Waals surface area contributed by atoms with Gasteiger partial charge in [-0.05, 0) is 49.8 Å². The summed E-state index contributed by atoms with van der Waals surface area (Å²) in [5.41, 5.74) is 7.37. The van der Waals surface area contributed by atoms with Crippen molar-refractivity contribution < 1.29 is 14.0 Å². The highest BCUT2D eigenvalue weighted by Crippen LogP contribution is 2.24. The van der Waals surface area contributed by atoms with Crippen LogP contribution in [0, 0.1) is 12.8 Å². The summed E-state index contributed by atoms with van der Waals surface area (Å²) in [4.78, 5) is 38.7. The summed E-state index contributed by atoms with van der Waals surface area (Å²) in [5, 5.41) is 3.66. The molecule has 1 aliphatic heterocycles. The number of hydrogen-bond donors (Lipinski definition) is 2. The number of likely N-dealkylation sites (tertiary alicyclic amines) is 1. The molecule has 0 saturated carbocycles. The van der Waals surface area contributed by atoms with Crippen LogP contribution in [0.3, 0.4) is 0 Å². The lowest BCUT2D eigenvalue weighted by atomic mass is 10.0. The molecule has 1 fully saturated rings. The molecule has 0 aliphatic carbocycles. The fourth-order valence-electron chi connectivity index (χ4n) is 3.75. The lowest BCUT2D eigenvalue weighted by Crippen LogP contribution is -2.50. The largest absolute Gasteiger partial charge is 0.423 e. The predicted molar refractivity (Wildman–Crippen MR) is 108 cm³/mol. The standard InChI is InChI=1S/C21H27N3O4/c1-12(2)9-16(22)21(27)24-8-4-5-17(24)20(26)23-14-6-7-15-13(3)10-19(25)28-18(15)11-14/h6-7,10-12,16-17H,4-5,8-9,22H2,1-3H3,(H,23,26). The Labute approximate surface area is 163 Å². The van der Waals surface area contributed by atoms with Crippen molar-refractivity contribution in [2.75, 3.05) is 11.9 Å². The molecule has 2 aromatic rings. The minimum atomic E-state index is -0.591. The van der Waals surface area contributed by atoms with E-state index in [1.54, 1.807) is 23.1 Å². The lowest BCUT2D eigenvalue weighted by molar-refractivity contribution is -0.138. The number of benzene rings is 1. The molecule has 2 unspecified atom stereocenters. The molecule has 1 aromatic carbocycles. The van der Waals surface area contributed by atoms with Gasteiger partial charge < -0.3 is 20.4 Å². The first kappa shape index (κ1) is 20.1. The van der Waals surface area contributed by atoms with Crippen molar-refractivity contribution >= 4 is 28.5 Å². The molecule has 3 N–H and O–H groups in total. The van der Waals surface area contributed by atoms with E-state index < -0.39 is 17.7 Å². The van der Waals surface area contributed by atoms with Crippen molar-refractivity contribution in [1.82, 2.24) is 4.90 Å². The molecule has 0 radical (unpaired) electrons. The highest BCUT2D eigenvalue weighted by molar-refractivity contribution is 5.99. The van der Waals surface area contributed by atoms with Crippen LogP contribution in [0.5, 0.6) is 0 Å². The Bertz CT molecular complexity index is 950. The molecule has 2 atom stereocenters. The highest BCUT2D eigenvalue weighted by atomic mass is 16.4. The highest BCUT2D eigenvalue weighted by Gasteiger charge is 2.36. The van der Waals surface area contributed by atoms with Gasteiger partial charge in [0, 0.05) is 29.8 Å². The molecule has 3 rings (SSSR count). The summed E-state index contributed by atoms with van der Waals surface area (Å²) in [6, 6.07) is 5.51. The smallest absolute Gasteiger partial charge is 0.336 e. The van der Waals surface area contributed by atoms with Crippen LogP contribution in [0.15, 0.2) is 33.5 Å². The van der Waals surface area contributed by atoms with E-state index in [1.807, 2.05) is 20.8 Å². The van der Waals surface area contributed by atoms with Gasteiger partial charge in [0.25, 0.3) is 0 Å². The van der Waals surface area contributed by atoms with E-state index in [4.69, 9.17) is 10.2 Å². The third-order valence-electron chi connectivity index (χ3n) is 5.10. The summed E-state index contributed by atoms with van der Waals surface area (Å²) in [6.45, 7) is 6.40. The van der Waals surface area contributed by atoms with E-state index in [1.165, 1.54) is 6.07 Å². The van der Waals surface area contributed by atoms with Crippen molar-refractivity contribution in [3.8, 4) is 0 Å². The second kappa shape index (κ2) is 8.14. The number of carbonyl (C=O) groups is 2. The second-order valence-electron chi connectivity index (χ2n) is 7.87. The third kappa shape index (κ3) is 4.25. The third-order valence-corrected chi connectivity index (χ3v) is 5.10. The van der Waals surface area contributed by atoms with Crippen molar-refractivity contribution in [3.05, 3.63) is 40.2 Å². The Hall–Kier alpha value is -2.67. The van der Waals surface area contributed by atoms with E-state index in [0.717, 1.165) is 17.4 Å². The van der Waals surface area contributed by atoms with Gasteiger partial charge in [0.2, 0.25) is 11.8 Å². The Kier molecular flexibility index (Phi) is 5.84. The molecule has 0 bridgehead atoms. The number of hydrogen-bond acceptors (Lipinski definition) is 5. The predicted octanol–water partition coefficient (Wildman–Crippen LogP) is 2.40. The molecule has 28 heavy (non-hydrogen) atoms. The maximum atomic E-state index is 12.8. The number of anilines is 1. The molecule has 0 spiro atoms. The molecule has 150 valence electrons. The van der Waals surface area contributed by atoms with Gasteiger partial charge in [-0.15, -0.1) is 0 Å². The van der Waals surface area contributed by atoms with Crippen LogP contribution in [-0.4, -0.2) is 35.3 Å². The number of nitrogens with two attached hydrogens (primary N) is 1. The molecular weight excluding hydrogens is 358 g/mol. The van der Waals surface area contributed by atoms with Crippen LogP contribution in [0.25, 0.3) is 11.0 Å². The Morgan fingerprint density at radius 2 is 2.07 bits per heavy atom. The number of carbonyl (C=O) groups excluding carboxylic acids is 2. The van der Waals surface area contributed by atoms with E-state index in [-0.39, 0.29) is 11.8 Å². The van der Waals surface area contributed by atoms with Crippen LogP contribution in [0.1, 0.15) is 38.7 Å². The number of amides is 2. The molecule has 2 heterocycles. The number of rotatable bonds is 5.